The van der Waals surface area contributed by atoms with E-state index in [0.717, 1.165) is 5.56 Å². The topological polar surface area (TPSA) is 121 Å². The molecule has 2 amide bonds. The molecule has 0 aliphatic rings. The van der Waals surface area contributed by atoms with Crippen LogP contribution in [0.15, 0.2) is 66.7 Å². The molecular weight excluding hydrogens is 555 g/mol. The number of benzene rings is 3. The van der Waals surface area contributed by atoms with Crippen LogP contribution in [0.2, 0.25) is 0 Å². The lowest BCUT2D eigenvalue weighted by Crippen LogP contribution is -2.49. The van der Waals surface area contributed by atoms with Crippen LogP contribution in [0.1, 0.15) is 37.9 Å². The fraction of sp³-hybridized carbons (Fsp3) is 0.323. The van der Waals surface area contributed by atoms with Crippen LogP contribution in [0, 0.1) is 5.82 Å². The summed E-state index contributed by atoms with van der Waals surface area (Å²) in [6, 6.07) is 16.8. The minimum absolute atomic E-state index is 0.0691. The summed E-state index contributed by atoms with van der Waals surface area (Å²) in [6.07, 6.45) is 0. The highest BCUT2D eigenvalue weighted by Crippen LogP contribution is 2.31. The van der Waals surface area contributed by atoms with Crippen LogP contribution in [0.25, 0.3) is 11.4 Å². The van der Waals surface area contributed by atoms with Crippen LogP contribution in [0.4, 0.5) is 4.39 Å². The Morgan fingerprint density at radius 3 is 2.21 bits per heavy atom. The van der Waals surface area contributed by atoms with E-state index in [0.29, 0.717) is 28.4 Å². The number of tetrazole rings is 1. The molecule has 43 heavy (non-hydrogen) atoms. The molecule has 0 aliphatic carbocycles. The second-order valence-corrected chi connectivity index (χ2v) is 10.8. The SMILES string of the molecule is COc1ccc(CN(C(=O)Cn2nnc(-c3ccc(OC)c(OC)c3)n2)[C@H](C(=O)NC(C)(C)C)c2ccc(F)cc2)cc1. The molecule has 226 valence electrons. The van der Waals surface area contributed by atoms with Gasteiger partial charge in [0.1, 0.15) is 24.2 Å². The number of methoxy groups -OCH3 is 3. The lowest BCUT2D eigenvalue weighted by molar-refractivity contribution is -0.143. The number of carbonyl (C=O) groups is 2. The minimum Gasteiger partial charge on any atom is -0.497 e. The first-order valence-corrected chi connectivity index (χ1v) is 13.5. The number of rotatable bonds is 11. The number of hydrogen-bond acceptors (Lipinski definition) is 8. The van der Waals surface area contributed by atoms with Crippen LogP contribution in [-0.4, -0.2) is 63.8 Å². The van der Waals surface area contributed by atoms with E-state index in [1.807, 2.05) is 32.9 Å². The molecule has 0 spiro atoms. The molecule has 0 aliphatic heterocycles. The first kappa shape index (κ1) is 30.9. The summed E-state index contributed by atoms with van der Waals surface area (Å²) in [5, 5.41) is 15.5. The smallest absolute Gasteiger partial charge is 0.247 e. The summed E-state index contributed by atoms with van der Waals surface area (Å²) in [5.74, 6) is 0.631. The maximum absolute atomic E-state index is 14.0. The normalized spacial score (nSPS) is 11.9. The second kappa shape index (κ2) is 13.3. The number of nitrogens with one attached hydrogen (secondary N) is 1. The maximum Gasteiger partial charge on any atom is 0.247 e. The van der Waals surface area contributed by atoms with Gasteiger partial charge in [0.25, 0.3) is 0 Å². The zero-order chi connectivity index (χ0) is 31.1. The van der Waals surface area contributed by atoms with Gasteiger partial charge in [0.15, 0.2) is 11.5 Å². The Bertz CT molecular complexity index is 1550. The van der Waals surface area contributed by atoms with E-state index in [9.17, 15) is 14.0 Å². The van der Waals surface area contributed by atoms with E-state index in [1.165, 1.54) is 48.2 Å². The highest BCUT2D eigenvalue weighted by molar-refractivity contribution is 5.89. The van der Waals surface area contributed by atoms with Crippen LogP contribution < -0.4 is 19.5 Å². The van der Waals surface area contributed by atoms with Gasteiger partial charge in [-0.1, -0.05) is 24.3 Å². The first-order valence-electron chi connectivity index (χ1n) is 13.5. The maximum atomic E-state index is 14.0. The molecule has 1 aromatic heterocycles. The number of aromatic nitrogens is 4. The third kappa shape index (κ3) is 7.85. The number of hydrogen-bond donors (Lipinski definition) is 1. The highest BCUT2D eigenvalue weighted by atomic mass is 19.1. The number of carbonyl (C=O) groups excluding carboxylic acids is 2. The van der Waals surface area contributed by atoms with Crippen LogP contribution in [0.3, 0.4) is 0 Å². The Balaban J connectivity index is 1.70. The Morgan fingerprint density at radius 1 is 0.930 bits per heavy atom. The van der Waals surface area contributed by atoms with E-state index in [2.05, 4.69) is 20.7 Å². The van der Waals surface area contributed by atoms with E-state index >= 15 is 0 Å². The fourth-order valence-electron chi connectivity index (χ4n) is 4.42. The van der Waals surface area contributed by atoms with Crippen molar-refractivity contribution in [2.75, 3.05) is 21.3 Å². The Hall–Kier alpha value is -5.00. The van der Waals surface area contributed by atoms with Gasteiger partial charge in [-0.05, 0) is 79.6 Å². The zero-order valence-corrected chi connectivity index (χ0v) is 25.0. The van der Waals surface area contributed by atoms with Crippen molar-refractivity contribution in [3.63, 3.8) is 0 Å². The van der Waals surface area contributed by atoms with Crippen molar-refractivity contribution in [3.8, 4) is 28.6 Å². The van der Waals surface area contributed by atoms with Crippen molar-refractivity contribution in [1.82, 2.24) is 30.4 Å². The van der Waals surface area contributed by atoms with E-state index in [4.69, 9.17) is 14.2 Å². The molecule has 1 atom stereocenters. The van der Waals surface area contributed by atoms with Crippen molar-refractivity contribution < 1.29 is 28.2 Å². The number of halogens is 1. The van der Waals surface area contributed by atoms with Crippen molar-refractivity contribution >= 4 is 11.8 Å². The summed E-state index contributed by atoms with van der Waals surface area (Å²) >= 11 is 0. The monoisotopic (exact) mass is 590 g/mol. The molecule has 11 nitrogen and oxygen atoms in total. The average molecular weight is 591 g/mol. The molecule has 1 N–H and O–H groups in total. The molecule has 0 fully saturated rings. The summed E-state index contributed by atoms with van der Waals surface area (Å²) in [4.78, 5) is 30.3. The number of amides is 2. The number of ether oxygens (including phenoxy) is 3. The molecule has 3 aromatic carbocycles. The summed E-state index contributed by atoms with van der Waals surface area (Å²) in [7, 11) is 4.62. The Labute approximate surface area is 249 Å². The highest BCUT2D eigenvalue weighted by Gasteiger charge is 2.34. The van der Waals surface area contributed by atoms with Crippen molar-refractivity contribution in [1.29, 1.82) is 0 Å². The Morgan fingerprint density at radius 2 is 1.60 bits per heavy atom. The van der Waals surface area contributed by atoms with E-state index in [-0.39, 0.29) is 18.9 Å². The molecule has 0 saturated carbocycles. The summed E-state index contributed by atoms with van der Waals surface area (Å²) in [5.41, 5.74) is 1.22. The molecule has 0 radical (unpaired) electrons. The van der Waals surface area contributed by atoms with Gasteiger partial charge in [-0.25, -0.2) is 4.39 Å². The van der Waals surface area contributed by atoms with Gasteiger partial charge in [0.2, 0.25) is 17.6 Å². The number of nitrogens with zero attached hydrogens (tertiary/aromatic N) is 5. The standard InChI is InChI=1S/C31H35FN6O5/c1-31(2,3)33-30(40)28(21-9-12-23(32)13-10-21)37(18-20-7-14-24(41-4)15-8-20)27(39)19-38-35-29(34-36-38)22-11-16-25(42-5)26(17-22)43-6/h7-17,28H,18-19H2,1-6H3,(H,33,40)/t28-/m0/s1. The van der Waals surface area contributed by atoms with Crippen LogP contribution in [0.5, 0.6) is 17.2 Å². The first-order chi connectivity index (χ1) is 20.5. The Kier molecular flexibility index (Phi) is 9.59. The molecular formula is C31H35FN6O5. The van der Waals surface area contributed by atoms with Crippen LogP contribution in [-0.2, 0) is 22.7 Å². The van der Waals surface area contributed by atoms with Gasteiger partial charge in [0, 0.05) is 17.6 Å². The largest absolute Gasteiger partial charge is 0.497 e. The molecule has 0 saturated heterocycles. The lowest BCUT2D eigenvalue weighted by Gasteiger charge is -2.33. The van der Waals surface area contributed by atoms with Gasteiger partial charge < -0.3 is 24.4 Å². The average Bonchev–Trinajstić information content (AvgIpc) is 3.45. The third-order valence-corrected chi connectivity index (χ3v) is 6.45. The molecule has 0 bridgehead atoms. The lowest BCUT2D eigenvalue weighted by atomic mass is 10.0. The van der Waals surface area contributed by atoms with Crippen molar-refractivity contribution in [2.45, 2.75) is 45.4 Å². The summed E-state index contributed by atoms with van der Waals surface area (Å²) in [6.45, 7) is 5.29. The predicted molar refractivity (Wildman–Crippen MR) is 157 cm³/mol. The molecule has 4 aromatic rings. The van der Waals surface area contributed by atoms with Gasteiger partial charge in [-0.15, -0.1) is 10.2 Å². The van der Waals surface area contributed by atoms with Crippen LogP contribution >= 0.6 is 0 Å². The quantitative estimate of drug-likeness (QED) is 0.276. The van der Waals surface area contributed by atoms with Gasteiger partial charge >= 0.3 is 0 Å². The zero-order valence-electron chi connectivity index (χ0n) is 25.0. The molecule has 12 heteroatoms. The van der Waals surface area contributed by atoms with Crippen molar-refractivity contribution in [3.05, 3.63) is 83.7 Å². The molecule has 0 unspecified atom stereocenters. The van der Waals surface area contributed by atoms with E-state index in [1.54, 1.807) is 37.4 Å². The predicted octanol–water partition coefficient (Wildman–Crippen LogP) is 4.19. The van der Waals surface area contributed by atoms with Gasteiger partial charge in [-0.2, -0.15) is 4.80 Å². The van der Waals surface area contributed by atoms with Crippen molar-refractivity contribution in [2.24, 2.45) is 0 Å². The second-order valence-electron chi connectivity index (χ2n) is 10.8. The summed E-state index contributed by atoms with van der Waals surface area (Å²) < 4.78 is 29.8. The van der Waals surface area contributed by atoms with E-state index < -0.39 is 29.2 Å². The fourth-order valence-corrected chi connectivity index (χ4v) is 4.42. The minimum atomic E-state index is -1.08. The van der Waals surface area contributed by atoms with Gasteiger partial charge in [-0.3, -0.25) is 9.59 Å². The molecule has 4 rings (SSSR count). The third-order valence-electron chi connectivity index (χ3n) is 6.45. The molecule has 1 heterocycles. The van der Waals surface area contributed by atoms with Gasteiger partial charge in [0.05, 0.1) is 21.3 Å².